The van der Waals surface area contributed by atoms with Gasteiger partial charge < -0.3 is 5.11 Å². The quantitative estimate of drug-likeness (QED) is 0.884. The lowest BCUT2D eigenvalue weighted by Gasteiger charge is -2.12. The van der Waals surface area contributed by atoms with Crippen molar-refractivity contribution in [3.8, 4) is 0 Å². The van der Waals surface area contributed by atoms with E-state index in [4.69, 9.17) is 0 Å². The largest absolute Gasteiger partial charge is 0.481 e. The maximum Gasteiger partial charge on any atom is 0.307 e. The van der Waals surface area contributed by atoms with Crippen molar-refractivity contribution in [2.75, 3.05) is 0 Å². The number of aryl methyl sites for hydroxylation is 1. The molecule has 0 heterocycles. The van der Waals surface area contributed by atoms with E-state index in [9.17, 15) is 14.7 Å². The van der Waals surface area contributed by atoms with Crippen LogP contribution in [0.1, 0.15) is 24.8 Å². The number of rotatable bonds is 4. The van der Waals surface area contributed by atoms with Gasteiger partial charge in [-0.2, -0.15) is 0 Å². The summed E-state index contributed by atoms with van der Waals surface area (Å²) in [4.78, 5) is 23.2. The number of aliphatic carboxylic acids is 1. The predicted octanol–water partition coefficient (Wildman–Crippen LogP) is 2.30. The van der Waals surface area contributed by atoms with E-state index >= 15 is 0 Å². The molecular weight excluding hydrogens is 228 g/mol. The highest BCUT2D eigenvalue weighted by Gasteiger charge is 2.74. The number of fused-ring (bicyclic) bond motifs is 1. The number of carbonyl (C=O) groups is 2. The molecule has 0 saturated heterocycles. The summed E-state index contributed by atoms with van der Waals surface area (Å²) in [6, 6.07) is 9.97. The van der Waals surface area contributed by atoms with Crippen LogP contribution in [0, 0.1) is 17.3 Å². The molecule has 3 heteroatoms. The Hall–Kier alpha value is -1.64. The lowest BCUT2D eigenvalue weighted by atomic mass is 9.90. The first-order chi connectivity index (χ1) is 8.66. The van der Waals surface area contributed by atoms with Crippen molar-refractivity contribution in [2.45, 2.75) is 25.7 Å². The zero-order valence-electron chi connectivity index (χ0n) is 10.1. The Morgan fingerprint density at radius 1 is 1.33 bits per heavy atom. The van der Waals surface area contributed by atoms with E-state index in [0.29, 0.717) is 12.8 Å². The van der Waals surface area contributed by atoms with Gasteiger partial charge in [-0.25, -0.2) is 0 Å². The monoisotopic (exact) mass is 244 g/mol. The van der Waals surface area contributed by atoms with E-state index in [0.717, 1.165) is 12.8 Å². The molecule has 0 aromatic heterocycles. The maximum absolute atomic E-state index is 12.0. The van der Waals surface area contributed by atoms with Gasteiger partial charge in [0.05, 0.1) is 5.92 Å². The Labute approximate surface area is 106 Å². The Balaban J connectivity index is 1.75. The average molecular weight is 244 g/mol. The topological polar surface area (TPSA) is 54.4 Å². The van der Waals surface area contributed by atoms with Gasteiger partial charge in [0.2, 0.25) is 0 Å². The van der Waals surface area contributed by atoms with Gasteiger partial charge in [0.15, 0.2) is 0 Å². The molecule has 18 heavy (non-hydrogen) atoms. The molecule has 0 bridgehead atoms. The third kappa shape index (κ3) is 1.50. The number of Topliss-reactive ketones (excluding diaryl/α,β-unsaturated/α-hetero) is 1. The molecular formula is C15H16O3. The molecule has 2 saturated carbocycles. The fraction of sp³-hybridized carbons (Fsp3) is 0.467. The number of carboxylic acid groups (broad SMARTS) is 1. The van der Waals surface area contributed by atoms with Gasteiger partial charge in [0.25, 0.3) is 0 Å². The first-order valence-electron chi connectivity index (χ1n) is 6.46. The van der Waals surface area contributed by atoms with Crippen molar-refractivity contribution in [3.63, 3.8) is 0 Å². The molecule has 3 atom stereocenters. The number of carbonyl (C=O) groups excluding carboxylic acids is 1. The molecule has 1 N–H and O–H groups in total. The Bertz CT molecular complexity index is 494. The Morgan fingerprint density at radius 3 is 2.67 bits per heavy atom. The number of ketones is 1. The van der Waals surface area contributed by atoms with Crippen LogP contribution in [-0.2, 0) is 16.0 Å². The SMILES string of the molecule is O=C(O)[C@H]1[C@H]2CCC(=O)[C@@]21CCc1ccccc1. The van der Waals surface area contributed by atoms with E-state index in [-0.39, 0.29) is 11.7 Å². The second-order valence-corrected chi connectivity index (χ2v) is 5.41. The summed E-state index contributed by atoms with van der Waals surface area (Å²) in [5, 5.41) is 9.19. The molecule has 2 aliphatic carbocycles. The second-order valence-electron chi connectivity index (χ2n) is 5.41. The number of hydrogen-bond acceptors (Lipinski definition) is 2. The third-order valence-corrected chi connectivity index (χ3v) is 4.65. The van der Waals surface area contributed by atoms with Gasteiger partial charge in [-0.1, -0.05) is 30.3 Å². The van der Waals surface area contributed by atoms with Gasteiger partial charge in [-0.15, -0.1) is 0 Å². The fourth-order valence-electron chi connectivity index (χ4n) is 3.71. The molecule has 2 aliphatic rings. The summed E-state index contributed by atoms with van der Waals surface area (Å²) in [6.07, 6.45) is 2.83. The standard InChI is InChI=1S/C15H16O3/c16-12-7-6-11-13(14(17)18)15(11,12)9-8-10-4-2-1-3-5-10/h1-5,11,13H,6-9H2,(H,17,18)/t11-,13-,15-/m1/s1. The minimum absolute atomic E-state index is 0.103. The summed E-state index contributed by atoms with van der Waals surface area (Å²) in [5.41, 5.74) is 0.656. The molecule has 3 rings (SSSR count). The number of benzene rings is 1. The smallest absolute Gasteiger partial charge is 0.307 e. The van der Waals surface area contributed by atoms with Crippen LogP contribution in [0.2, 0.25) is 0 Å². The molecule has 0 amide bonds. The van der Waals surface area contributed by atoms with Crippen LogP contribution in [0.3, 0.4) is 0 Å². The lowest BCUT2D eigenvalue weighted by Crippen LogP contribution is -2.20. The highest BCUT2D eigenvalue weighted by atomic mass is 16.4. The van der Waals surface area contributed by atoms with E-state index in [1.54, 1.807) is 0 Å². The molecule has 3 nitrogen and oxygen atoms in total. The van der Waals surface area contributed by atoms with E-state index in [1.165, 1.54) is 5.56 Å². The molecule has 0 spiro atoms. The maximum atomic E-state index is 12.0. The first-order valence-corrected chi connectivity index (χ1v) is 6.46. The first kappa shape index (κ1) is 11.5. The van der Waals surface area contributed by atoms with Crippen LogP contribution in [0.5, 0.6) is 0 Å². The highest BCUT2D eigenvalue weighted by molar-refractivity contribution is 5.98. The van der Waals surface area contributed by atoms with Crippen molar-refractivity contribution in [2.24, 2.45) is 17.3 Å². The summed E-state index contributed by atoms with van der Waals surface area (Å²) in [5.74, 6) is -0.925. The minimum atomic E-state index is -0.791. The van der Waals surface area contributed by atoms with Crippen LogP contribution >= 0.6 is 0 Å². The third-order valence-electron chi connectivity index (χ3n) is 4.65. The van der Waals surface area contributed by atoms with E-state index in [1.807, 2.05) is 30.3 Å². The predicted molar refractivity (Wildman–Crippen MR) is 66.1 cm³/mol. The van der Waals surface area contributed by atoms with Gasteiger partial charge in [0, 0.05) is 11.8 Å². The van der Waals surface area contributed by atoms with Crippen molar-refractivity contribution in [1.82, 2.24) is 0 Å². The fourth-order valence-corrected chi connectivity index (χ4v) is 3.71. The van der Waals surface area contributed by atoms with Crippen LogP contribution in [-0.4, -0.2) is 16.9 Å². The Kier molecular flexibility index (Phi) is 2.51. The van der Waals surface area contributed by atoms with Crippen molar-refractivity contribution >= 4 is 11.8 Å². The summed E-state index contributed by atoms with van der Waals surface area (Å²) in [6.45, 7) is 0. The molecule has 0 aliphatic heterocycles. The van der Waals surface area contributed by atoms with Crippen molar-refractivity contribution in [1.29, 1.82) is 0 Å². The Morgan fingerprint density at radius 2 is 2.06 bits per heavy atom. The number of carboxylic acids is 1. The van der Waals surface area contributed by atoms with Crippen LogP contribution in [0.4, 0.5) is 0 Å². The zero-order chi connectivity index (χ0) is 12.8. The van der Waals surface area contributed by atoms with Gasteiger partial charge in [-0.3, -0.25) is 9.59 Å². The van der Waals surface area contributed by atoms with Crippen LogP contribution in [0.25, 0.3) is 0 Å². The van der Waals surface area contributed by atoms with E-state index < -0.39 is 17.3 Å². The van der Waals surface area contributed by atoms with Gasteiger partial charge in [-0.05, 0) is 30.7 Å². The van der Waals surface area contributed by atoms with Crippen LogP contribution < -0.4 is 0 Å². The zero-order valence-corrected chi connectivity index (χ0v) is 10.1. The van der Waals surface area contributed by atoms with Crippen LogP contribution in [0.15, 0.2) is 30.3 Å². The molecule has 94 valence electrons. The molecule has 2 fully saturated rings. The van der Waals surface area contributed by atoms with E-state index in [2.05, 4.69) is 0 Å². The summed E-state index contributed by atoms with van der Waals surface area (Å²) < 4.78 is 0. The normalized spacial score (nSPS) is 33.2. The molecule has 1 aromatic rings. The highest BCUT2D eigenvalue weighted by Crippen LogP contribution is 2.68. The van der Waals surface area contributed by atoms with Crippen molar-refractivity contribution in [3.05, 3.63) is 35.9 Å². The molecule has 1 aromatic carbocycles. The van der Waals surface area contributed by atoms with Gasteiger partial charge >= 0.3 is 5.97 Å². The average Bonchev–Trinajstić information content (AvgIpc) is 2.94. The minimum Gasteiger partial charge on any atom is -0.481 e. The summed E-state index contributed by atoms with van der Waals surface area (Å²) in [7, 11) is 0. The molecule has 0 radical (unpaired) electrons. The second kappa shape index (κ2) is 3.94. The lowest BCUT2D eigenvalue weighted by molar-refractivity contribution is -0.142. The number of hydrogen-bond donors (Lipinski definition) is 1. The van der Waals surface area contributed by atoms with Crippen molar-refractivity contribution < 1.29 is 14.7 Å². The molecule has 0 unspecified atom stereocenters. The summed E-state index contributed by atoms with van der Waals surface area (Å²) >= 11 is 0. The van der Waals surface area contributed by atoms with Gasteiger partial charge in [0.1, 0.15) is 5.78 Å².